The molecule has 0 aliphatic heterocycles. The molecule has 0 bridgehead atoms. The fourth-order valence-corrected chi connectivity index (χ4v) is 4.95. The van der Waals surface area contributed by atoms with Gasteiger partial charge in [0.05, 0.1) is 10.0 Å². The van der Waals surface area contributed by atoms with Crippen molar-refractivity contribution in [3.05, 3.63) is 27.2 Å². The van der Waals surface area contributed by atoms with Crippen molar-refractivity contribution in [3.63, 3.8) is 0 Å². The van der Waals surface area contributed by atoms with Gasteiger partial charge in [-0.2, -0.15) is 4.72 Å². The molecule has 1 aliphatic rings. The smallest absolute Gasteiger partial charge is 0.324 e. The molecule has 0 amide bonds. The van der Waals surface area contributed by atoms with Crippen LogP contribution in [-0.2, 0) is 14.8 Å². The zero-order valence-corrected chi connectivity index (χ0v) is 13.1. The van der Waals surface area contributed by atoms with E-state index in [9.17, 15) is 13.2 Å². The number of nitrogens with one attached hydrogen (secondary N) is 1. The summed E-state index contributed by atoms with van der Waals surface area (Å²) in [6, 6.07) is 2.47. The Labute approximate surface area is 130 Å². The number of hydrogen-bond donors (Lipinski definition) is 2. The van der Waals surface area contributed by atoms with Gasteiger partial charge in [-0.25, -0.2) is 8.42 Å². The third-order valence-corrected chi connectivity index (χ3v) is 5.85. The molecular formula is C11H10Cl3NO4S. The summed E-state index contributed by atoms with van der Waals surface area (Å²) in [5.74, 6) is -1.21. The molecule has 5 nitrogen and oxygen atoms in total. The SMILES string of the molecule is O=C(O)C1(NS(=O)(=O)c2c(Cl)cc(Cl)cc2Cl)CCC1. The van der Waals surface area contributed by atoms with Crippen LogP contribution in [0.1, 0.15) is 19.3 Å². The van der Waals surface area contributed by atoms with E-state index in [-0.39, 0.29) is 32.8 Å². The average Bonchev–Trinajstić information content (AvgIpc) is 2.20. The number of carbonyl (C=O) groups is 1. The van der Waals surface area contributed by atoms with Gasteiger partial charge in [0.15, 0.2) is 0 Å². The summed E-state index contributed by atoms with van der Waals surface area (Å²) in [6.45, 7) is 0. The molecule has 0 saturated heterocycles. The Morgan fingerprint density at radius 2 is 1.70 bits per heavy atom. The van der Waals surface area contributed by atoms with Crippen LogP contribution in [0.5, 0.6) is 0 Å². The van der Waals surface area contributed by atoms with E-state index in [0.717, 1.165) is 0 Å². The lowest BCUT2D eigenvalue weighted by Gasteiger charge is -2.37. The van der Waals surface area contributed by atoms with Gasteiger partial charge in [-0.1, -0.05) is 34.8 Å². The van der Waals surface area contributed by atoms with Crippen LogP contribution >= 0.6 is 34.8 Å². The van der Waals surface area contributed by atoms with Gasteiger partial charge in [-0.15, -0.1) is 0 Å². The predicted octanol–water partition coefficient (Wildman–Crippen LogP) is 2.93. The van der Waals surface area contributed by atoms with E-state index in [4.69, 9.17) is 39.9 Å². The maximum atomic E-state index is 12.3. The molecule has 9 heteroatoms. The van der Waals surface area contributed by atoms with Crippen molar-refractivity contribution in [2.45, 2.75) is 29.7 Å². The number of carboxylic acids is 1. The molecule has 0 aromatic heterocycles. The highest BCUT2D eigenvalue weighted by Gasteiger charge is 2.48. The average molecular weight is 359 g/mol. The van der Waals surface area contributed by atoms with E-state index in [0.29, 0.717) is 6.42 Å². The summed E-state index contributed by atoms with van der Waals surface area (Å²) < 4.78 is 26.8. The number of benzene rings is 1. The minimum atomic E-state index is -4.16. The molecule has 0 atom stereocenters. The first kappa shape index (κ1) is 15.9. The molecule has 1 aromatic rings. The monoisotopic (exact) mass is 357 g/mol. The molecule has 1 aromatic carbocycles. The van der Waals surface area contributed by atoms with Crippen molar-refractivity contribution in [2.24, 2.45) is 0 Å². The zero-order chi connectivity index (χ0) is 15.1. The third-order valence-electron chi connectivity index (χ3n) is 3.18. The number of aliphatic carboxylic acids is 1. The number of sulfonamides is 1. The van der Waals surface area contributed by atoms with Crippen molar-refractivity contribution in [3.8, 4) is 0 Å². The fraction of sp³-hybridized carbons (Fsp3) is 0.364. The van der Waals surface area contributed by atoms with Crippen LogP contribution in [0, 0.1) is 0 Å². The molecule has 110 valence electrons. The van der Waals surface area contributed by atoms with Gasteiger partial charge >= 0.3 is 5.97 Å². The summed E-state index contributed by atoms with van der Waals surface area (Å²) in [4.78, 5) is 10.9. The third kappa shape index (κ3) is 2.76. The fourth-order valence-electron chi connectivity index (χ4n) is 1.98. The predicted molar refractivity (Wildman–Crippen MR) is 76.0 cm³/mol. The van der Waals surface area contributed by atoms with Crippen LogP contribution in [0.15, 0.2) is 17.0 Å². The van der Waals surface area contributed by atoms with Crippen LogP contribution in [-0.4, -0.2) is 25.0 Å². The van der Waals surface area contributed by atoms with Gasteiger partial charge in [-0.05, 0) is 31.4 Å². The second-order valence-corrected chi connectivity index (χ2v) is 7.41. The Bertz CT molecular complexity index is 647. The van der Waals surface area contributed by atoms with Crippen molar-refractivity contribution in [2.75, 3.05) is 0 Å². The zero-order valence-electron chi connectivity index (χ0n) is 9.99. The van der Waals surface area contributed by atoms with Crippen LogP contribution in [0.2, 0.25) is 15.1 Å². The summed E-state index contributed by atoms with van der Waals surface area (Å²) in [7, 11) is -4.16. The normalized spacial score (nSPS) is 17.6. The maximum absolute atomic E-state index is 12.3. The minimum absolute atomic E-state index is 0.158. The number of hydrogen-bond acceptors (Lipinski definition) is 3. The lowest BCUT2D eigenvalue weighted by atomic mass is 9.78. The van der Waals surface area contributed by atoms with Crippen LogP contribution in [0.25, 0.3) is 0 Å². The van der Waals surface area contributed by atoms with Gasteiger partial charge in [0, 0.05) is 5.02 Å². The maximum Gasteiger partial charge on any atom is 0.324 e. The van der Waals surface area contributed by atoms with E-state index in [1.807, 2.05) is 0 Å². The van der Waals surface area contributed by atoms with Crippen LogP contribution < -0.4 is 4.72 Å². The summed E-state index contributed by atoms with van der Waals surface area (Å²) in [6.07, 6.45) is 1.09. The van der Waals surface area contributed by atoms with E-state index in [1.54, 1.807) is 0 Å². The highest BCUT2D eigenvalue weighted by Crippen LogP contribution is 2.37. The van der Waals surface area contributed by atoms with Crippen molar-refractivity contribution < 1.29 is 18.3 Å². The molecule has 0 heterocycles. The van der Waals surface area contributed by atoms with Gasteiger partial charge < -0.3 is 5.11 Å². The Morgan fingerprint density at radius 3 is 2.05 bits per heavy atom. The van der Waals surface area contributed by atoms with E-state index in [2.05, 4.69) is 4.72 Å². The van der Waals surface area contributed by atoms with Gasteiger partial charge in [0.1, 0.15) is 10.4 Å². The first-order valence-corrected chi connectivity index (χ1v) is 8.22. The minimum Gasteiger partial charge on any atom is -0.480 e. The Morgan fingerprint density at radius 1 is 1.20 bits per heavy atom. The summed E-state index contributed by atoms with van der Waals surface area (Å²) in [5, 5.41) is 9.04. The highest BCUT2D eigenvalue weighted by molar-refractivity contribution is 7.89. The molecule has 2 N–H and O–H groups in total. The lowest BCUT2D eigenvalue weighted by Crippen LogP contribution is -2.58. The number of carboxylic acid groups (broad SMARTS) is 1. The van der Waals surface area contributed by atoms with E-state index in [1.165, 1.54) is 12.1 Å². The summed E-state index contributed by atoms with van der Waals surface area (Å²) in [5.41, 5.74) is -1.48. The second-order valence-electron chi connectivity index (χ2n) is 4.54. The molecular weight excluding hydrogens is 349 g/mol. The first-order valence-electron chi connectivity index (χ1n) is 5.60. The van der Waals surface area contributed by atoms with E-state index < -0.39 is 21.5 Å². The van der Waals surface area contributed by atoms with Gasteiger partial charge in [0.2, 0.25) is 10.0 Å². The van der Waals surface area contributed by atoms with Crippen molar-refractivity contribution in [1.82, 2.24) is 4.72 Å². The second kappa shape index (κ2) is 5.35. The molecule has 20 heavy (non-hydrogen) atoms. The summed E-state index contributed by atoms with van der Waals surface area (Å²) >= 11 is 17.4. The van der Waals surface area contributed by atoms with Gasteiger partial charge in [0.25, 0.3) is 0 Å². The lowest BCUT2D eigenvalue weighted by molar-refractivity contribution is -0.147. The molecule has 2 rings (SSSR count). The molecule has 1 aliphatic carbocycles. The molecule has 0 unspecified atom stereocenters. The highest BCUT2D eigenvalue weighted by atomic mass is 35.5. The first-order chi connectivity index (χ1) is 9.18. The topological polar surface area (TPSA) is 83.5 Å². The number of rotatable bonds is 4. The largest absolute Gasteiger partial charge is 0.480 e. The molecule has 0 radical (unpaired) electrons. The van der Waals surface area contributed by atoms with Crippen LogP contribution in [0.4, 0.5) is 0 Å². The van der Waals surface area contributed by atoms with Crippen LogP contribution in [0.3, 0.4) is 0 Å². The Balaban J connectivity index is 2.44. The molecule has 1 fully saturated rings. The van der Waals surface area contributed by atoms with Crippen molar-refractivity contribution in [1.29, 1.82) is 0 Å². The molecule has 1 saturated carbocycles. The molecule has 0 spiro atoms. The standard InChI is InChI=1S/C11H10Cl3NO4S/c12-6-4-7(13)9(8(14)5-6)20(18,19)15-11(10(16)17)2-1-3-11/h4-5,15H,1-3H2,(H,16,17). The number of halogens is 3. The quantitative estimate of drug-likeness (QED) is 0.867. The van der Waals surface area contributed by atoms with E-state index >= 15 is 0 Å². The Kier molecular flexibility index (Phi) is 4.24. The van der Waals surface area contributed by atoms with Crippen molar-refractivity contribution >= 4 is 50.8 Å². The Hall–Kier alpha value is -0.530. The van der Waals surface area contributed by atoms with Gasteiger partial charge in [-0.3, -0.25) is 4.79 Å².